The van der Waals surface area contributed by atoms with Gasteiger partial charge in [-0.25, -0.2) is 9.78 Å². The molecule has 10 heteroatoms. The third-order valence-electron chi connectivity index (χ3n) is 3.58. The van der Waals surface area contributed by atoms with E-state index < -0.39 is 5.97 Å². The molecule has 0 amide bonds. The van der Waals surface area contributed by atoms with Gasteiger partial charge in [-0.3, -0.25) is 4.79 Å². The summed E-state index contributed by atoms with van der Waals surface area (Å²) in [6, 6.07) is 5.98. The lowest BCUT2D eigenvalue weighted by Crippen LogP contribution is -2.16. The molecule has 0 unspecified atom stereocenters. The third-order valence-corrected chi connectivity index (χ3v) is 4.46. The molecule has 0 saturated heterocycles. The predicted molar refractivity (Wildman–Crippen MR) is 96.5 cm³/mol. The van der Waals surface area contributed by atoms with Crippen molar-refractivity contribution in [2.24, 2.45) is 0 Å². The van der Waals surface area contributed by atoms with Crippen LogP contribution in [0.15, 0.2) is 29.1 Å². The van der Waals surface area contributed by atoms with E-state index in [1.165, 1.54) is 42.2 Å². The first-order chi connectivity index (χ1) is 13.0. The lowest BCUT2D eigenvalue weighted by Gasteiger charge is -2.09. The van der Waals surface area contributed by atoms with Crippen LogP contribution in [0.5, 0.6) is 11.5 Å². The molecule has 27 heavy (non-hydrogen) atoms. The fraction of sp³-hybridized carbons (Fsp3) is 0.294. The number of nitrogens with zero attached hydrogens (tertiary/aromatic N) is 3. The van der Waals surface area contributed by atoms with Gasteiger partial charge in [-0.15, -0.1) is 0 Å². The SMILES string of the molecule is COCc1nn2c(=O)cc(COC(=O)c3ccc(OC)c(OC)c3)nc2s1. The standard InChI is InChI=1S/C17H17N3O6S/c1-23-9-14-19-20-15(21)7-11(18-17(20)27-14)8-26-16(22)10-4-5-12(24-2)13(6-10)25-3/h4-7H,8-9H2,1-3H3. The minimum atomic E-state index is -0.567. The molecule has 0 N–H and O–H groups in total. The highest BCUT2D eigenvalue weighted by atomic mass is 32.1. The van der Waals surface area contributed by atoms with Crippen molar-refractivity contribution in [3.05, 3.63) is 50.9 Å². The van der Waals surface area contributed by atoms with Gasteiger partial charge in [-0.2, -0.15) is 9.61 Å². The van der Waals surface area contributed by atoms with Crippen LogP contribution in [-0.2, 0) is 22.7 Å². The van der Waals surface area contributed by atoms with Crippen LogP contribution >= 0.6 is 11.3 Å². The molecule has 0 radical (unpaired) electrons. The molecular formula is C17H17N3O6S. The molecule has 0 bridgehead atoms. The largest absolute Gasteiger partial charge is 0.493 e. The Labute approximate surface area is 158 Å². The van der Waals surface area contributed by atoms with E-state index in [1.54, 1.807) is 19.2 Å². The molecule has 0 aliphatic rings. The van der Waals surface area contributed by atoms with Crippen LogP contribution in [0.3, 0.4) is 0 Å². The van der Waals surface area contributed by atoms with E-state index in [-0.39, 0.29) is 18.8 Å². The Hall–Kier alpha value is -2.98. The number of carbonyl (C=O) groups excluding carboxylic acids is 1. The molecule has 1 aromatic carbocycles. The van der Waals surface area contributed by atoms with Crippen molar-refractivity contribution in [1.29, 1.82) is 0 Å². The molecule has 3 aromatic rings. The molecule has 0 saturated carbocycles. The lowest BCUT2D eigenvalue weighted by atomic mass is 10.2. The molecular weight excluding hydrogens is 374 g/mol. The van der Waals surface area contributed by atoms with Gasteiger partial charge in [0.2, 0.25) is 4.96 Å². The van der Waals surface area contributed by atoms with E-state index in [1.807, 2.05) is 0 Å². The Kier molecular flexibility index (Phi) is 5.67. The smallest absolute Gasteiger partial charge is 0.338 e. The Morgan fingerprint density at radius 1 is 1.11 bits per heavy atom. The van der Waals surface area contributed by atoms with Gasteiger partial charge in [0.25, 0.3) is 5.56 Å². The Morgan fingerprint density at radius 3 is 2.59 bits per heavy atom. The van der Waals surface area contributed by atoms with Crippen LogP contribution in [0.25, 0.3) is 4.96 Å². The third kappa shape index (κ3) is 4.07. The average Bonchev–Trinajstić information content (AvgIpc) is 3.09. The van der Waals surface area contributed by atoms with Gasteiger partial charge in [-0.05, 0) is 18.2 Å². The quantitative estimate of drug-likeness (QED) is 0.561. The van der Waals surface area contributed by atoms with Crippen LogP contribution in [0.2, 0.25) is 0 Å². The van der Waals surface area contributed by atoms with Gasteiger partial charge in [0.15, 0.2) is 11.5 Å². The lowest BCUT2D eigenvalue weighted by molar-refractivity contribution is 0.0467. The molecule has 2 aromatic heterocycles. The summed E-state index contributed by atoms with van der Waals surface area (Å²) in [5.74, 6) is 0.355. The monoisotopic (exact) mass is 391 g/mol. The molecule has 0 aliphatic heterocycles. The number of fused-ring (bicyclic) bond motifs is 1. The van der Waals surface area contributed by atoms with Crippen molar-refractivity contribution in [3.8, 4) is 11.5 Å². The number of methoxy groups -OCH3 is 3. The summed E-state index contributed by atoms with van der Waals surface area (Å²) in [4.78, 5) is 29.1. The normalized spacial score (nSPS) is 10.8. The predicted octanol–water partition coefficient (Wildman–Crippen LogP) is 1.67. The number of rotatable bonds is 7. The first-order valence-corrected chi connectivity index (χ1v) is 8.64. The summed E-state index contributed by atoms with van der Waals surface area (Å²) in [7, 11) is 4.53. The molecule has 3 rings (SSSR count). The number of esters is 1. The zero-order valence-corrected chi connectivity index (χ0v) is 15.7. The first-order valence-electron chi connectivity index (χ1n) is 7.82. The van der Waals surface area contributed by atoms with E-state index >= 15 is 0 Å². The van der Waals surface area contributed by atoms with Crippen molar-refractivity contribution in [2.45, 2.75) is 13.2 Å². The maximum absolute atomic E-state index is 12.3. The minimum absolute atomic E-state index is 0.142. The van der Waals surface area contributed by atoms with Crippen LogP contribution in [-0.4, -0.2) is 41.9 Å². The highest BCUT2D eigenvalue weighted by Crippen LogP contribution is 2.27. The fourth-order valence-electron chi connectivity index (χ4n) is 2.34. The highest BCUT2D eigenvalue weighted by molar-refractivity contribution is 7.16. The molecule has 0 fully saturated rings. The van der Waals surface area contributed by atoms with Crippen molar-refractivity contribution < 1.29 is 23.7 Å². The number of hydrogen-bond donors (Lipinski definition) is 0. The first kappa shape index (κ1) is 18.8. The van der Waals surface area contributed by atoms with E-state index in [0.717, 1.165) is 0 Å². The maximum Gasteiger partial charge on any atom is 0.338 e. The number of benzene rings is 1. The van der Waals surface area contributed by atoms with Crippen molar-refractivity contribution in [3.63, 3.8) is 0 Å². The minimum Gasteiger partial charge on any atom is -0.493 e. The summed E-state index contributed by atoms with van der Waals surface area (Å²) in [6.45, 7) is 0.146. The highest BCUT2D eigenvalue weighted by Gasteiger charge is 2.14. The summed E-state index contributed by atoms with van der Waals surface area (Å²) >= 11 is 1.23. The Morgan fingerprint density at radius 2 is 1.89 bits per heavy atom. The van der Waals surface area contributed by atoms with Crippen LogP contribution in [0.1, 0.15) is 21.1 Å². The van der Waals surface area contributed by atoms with Gasteiger partial charge in [0.1, 0.15) is 11.6 Å². The second kappa shape index (κ2) is 8.14. The van der Waals surface area contributed by atoms with E-state index in [9.17, 15) is 9.59 Å². The summed E-state index contributed by atoms with van der Waals surface area (Å²) in [5.41, 5.74) is 0.280. The second-order valence-corrected chi connectivity index (χ2v) is 6.40. The van der Waals surface area contributed by atoms with Crippen molar-refractivity contribution in [1.82, 2.24) is 14.6 Å². The zero-order chi connectivity index (χ0) is 19.4. The molecule has 0 spiro atoms. The molecule has 9 nitrogen and oxygen atoms in total. The van der Waals surface area contributed by atoms with Crippen LogP contribution in [0.4, 0.5) is 0 Å². The van der Waals surface area contributed by atoms with Gasteiger partial charge < -0.3 is 18.9 Å². The van der Waals surface area contributed by atoms with E-state index in [0.29, 0.717) is 32.7 Å². The van der Waals surface area contributed by atoms with Crippen LogP contribution in [0, 0.1) is 0 Å². The topological polar surface area (TPSA) is 101 Å². The van der Waals surface area contributed by atoms with Crippen LogP contribution < -0.4 is 15.0 Å². The van der Waals surface area contributed by atoms with Gasteiger partial charge in [0, 0.05) is 13.2 Å². The van der Waals surface area contributed by atoms with E-state index in [2.05, 4.69) is 10.1 Å². The summed E-state index contributed by atoms with van der Waals surface area (Å²) in [5, 5.41) is 4.75. The van der Waals surface area contributed by atoms with Crippen molar-refractivity contribution >= 4 is 22.3 Å². The number of hydrogen-bond acceptors (Lipinski definition) is 9. The average molecular weight is 391 g/mol. The maximum atomic E-state index is 12.3. The summed E-state index contributed by atoms with van der Waals surface area (Å²) in [6.07, 6.45) is 0. The van der Waals surface area contributed by atoms with Gasteiger partial charge >= 0.3 is 5.97 Å². The molecule has 0 atom stereocenters. The molecule has 0 aliphatic carbocycles. The second-order valence-electron chi connectivity index (χ2n) is 5.35. The van der Waals surface area contributed by atoms with Gasteiger partial charge in [0.05, 0.1) is 32.1 Å². The number of carbonyl (C=O) groups is 1. The molecule has 2 heterocycles. The fourth-order valence-corrected chi connectivity index (χ4v) is 3.23. The number of ether oxygens (including phenoxy) is 4. The van der Waals surface area contributed by atoms with Gasteiger partial charge in [-0.1, -0.05) is 11.3 Å². The Balaban J connectivity index is 1.76. The van der Waals surface area contributed by atoms with E-state index in [4.69, 9.17) is 18.9 Å². The number of aromatic nitrogens is 3. The van der Waals surface area contributed by atoms with Crippen molar-refractivity contribution in [2.75, 3.05) is 21.3 Å². The molecule has 142 valence electrons. The zero-order valence-electron chi connectivity index (χ0n) is 14.9. The Bertz CT molecular complexity index is 1030. The summed E-state index contributed by atoms with van der Waals surface area (Å²) < 4.78 is 21.8.